The molecule has 4 heterocycles. The fraction of sp³-hybridized carbons (Fsp3) is 0.316. The fourth-order valence-electron chi connectivity index (χ4n) is 3.22. The number of hydrogen-bond acceptors (Lipinski definition) is 4. The number of hydrogen-bond donors (Lipinski definition) is 3. The zero-order valence-electron chi connectivity index (χ0n) is 16.3. The summed E-state index contributed by atoms with van der Waals surface area (Å²) in [5.41, 5.74) is 8.27. The van der Waals surface area contributed by atoms with Crippen LogP contribution in [0.1, 0.15) is 16.8 Å². The van der Waals surface area contributed by atoms with Gasteiger partial charge in [0.15, 0.2) is 0 Å². The van der Waals surface area contributed by atoms with Crippen molar-refractivity contribution in [2.75, 3.05) is 13.1 Å². The van der Waals surface area contributed by atoms with Crippen molar-refractivity contribution in [2.24, 2.45) is 5.73 Å². The Morgan fingerprint density at radius 3 is 2.50 bits per heavy atom. The predicted octanol–water partition coefficient (Wildman–Crippen LogP) is 2.77. The average molecular weight is 459 g/mol. The van der Waals surface area contributed by atoms with E-state index in [0.717, 1.165) is 11.4 Å². The van der Waals surface area contributed by atoms with E-state index in [0.29, 0.717) is 11.1 Å². The maximum absolute atomic E-state index is 13.6. The predicted molar refractivity (Wildman–Crippen MR) is 102 cm³/mol. The third kappa shape index (κ3) is 4.72. The number of fused-ring (bicyclic) bond motifs is 1. The highest BCUT2D eigenvalue weighted by atomic mass is 19.4. The number of amides is 1. The van der Waals surface area contributed by atoms with E-state index in [9.17, 15) is 26.7 Å². The van der Waals surface area contributed by atoms with Gasteiger partial charge in [-0.25, -0.2) is 13.6 Å². The van der Waals surface area contributed by atoms with Crippen molar-refractivity contribution in [1.29, 1.82) is 0 Å². The average Bonchev–Trinajstić information content (AvgIpc) is 3.37. The molecule has 0 bridgehead atoms. The minimum Gasteiger partial charge on any atom is -0.475 e. The molecule has 1 amide bonds. The monoisotopic (exact) mass is 459 g/mol. The number of aromatic nitrogens is 3. The first-order valence-electron chi connectivity index (χ1n) is 9.24. The summed E-state index contributed by atoms with van der Waals surface area (Å²) in [6.45, 7) is -0.168. The number of halogens is 5. The van der Waals surface area contributed by atoms with Gasteiger partial charge in [0.05, 0.1) is 28.5 Å². The highest BCUT2D eigenvalue weighted by molar-refractivity contribution is 6.02. The molecule has 8 nitrogen and oxygen atoms in total. The second-order valence-electron chi connectivity index (χ2n) is 7.04. The van der Waals surface area contributed by atoms with E-state index in [2.05, 4.69) is 10.2 Å². The van der Waals surface area contributed by atoms with Gasteiger partial charge in [0.2, 0.25) is 0 Å². The molecule has 0 aliphatic carbocycles. The summed E-state index contributed by atoms with van der Waals surface area (Å²) in [4.78, 5) is 23.2. The molecule has 13 heteroatoms. The van der Waals surface area contributed by atoms with Crippen molar-refractivity contribution in [3.63, 3.8) is 0 Å². The maximum Gasteiger partial charge on any atom is 0.490 e. The van der Waals surface area contributed by atoms with E-state index in [-0.39, 0.29) is 19.0 Å². The number of H-pyrrole nitrogens is 1. The Hall–Kier alpha value is -3.48. The zero-order chi connectivity index (χ0) is 23.7. The van der Waals surface area contributed by atoms with Crippen LogP contribution in [-0.2, 0) is 4.79 Å². The molecule has 1 aliphatic heterocycles. The topological polar surface area (TPSA) is 117 Å². The molecule has 0 saturated carbocycles. The molecule has 0 spiro atoms. The Morgan fingerprint density at radius 2 is 1.94 bits per heavy atom. The van der Waals surface area contributed by atoms with Crippen molar-refractivity contribution < 1.29 is 36.6 Å². The number of piperidine rings is 1. The van der Waals surface area contributed by atoms with E-state index >= 15 is 0 Å². The highest BCUT2D eigenvalue weighted by Crippen LogP contribution is 2.30. The van der Waals surface area contributed by atoms with Crippen molar-refractivity contribution in [3.05, 3.63) is 48.3 Å². The van der Waals surface area contributed by atoms with Crippen molar-refractivity contribution in [3.8, 4) is 11.4 Å². The summed E-state index contributed by atoms with van der Waals surface area (Å²) < 4.78 is 60.8. The summed E-state index contributed by atoms with van der Waals surface area (Å²) in [5, 5.41) is 13.9. The number of nitrogens with zero attached hydrogens (tertiary/aromatic N) is 3. The summed E-state index contributed by atoms with van der Waals surface area (Å²) in [6, 6.07) is 7.73. The Balaban J connectivity index is 0.000000360. The molecule has 32 heavy (non-hydrogen) atoms. The maximum atomic E-state index is 13.6. The van der Waals surface area contributed by atoms with Gasteiger partial charge in [-0.1, -0.05) is 6.07 Å². The van der Waals surface area contributed by atoms with Crippen LogP contribution >= 0.6 is 0 Å². The molecule has 0 radical (unpaired) electrons. The Morgan fingerprint density at radius 1 is 1.25 bits per heavy atom. The van der Waals surface area contributed by atoms with Gasteiger partial charge in [-0.15, -0.1) is 0 Å². The first-order chi connectivity index (χ1) is 14.9. The van der Waals surface area contributed by atoms with Gasteiger partial charge in [0.25, 0.3) is 11.8 Å². The number of carboxylic acids is 1. The second-order valence-corrected chi connectivity index (χ2v) is 7.04. The normalized spacial score (nSPS) is 18.2. The molecule has 1 atom stereocenters. The number of carbonyl (C=O) groups excluding carboxylic acids is 1. The minimum atomic E-state index is -5.08. The number of aromatic amines is 1. The molecular formula is C19H18F5N5O3. The third-order valence-electron chi connectivity index (χ3n) is 4.89. The van der Waals surface area contributed by atoms with Gasteiger partial charge in [-0.3, -0.25) is 9.89 Å². The summed E-state index contributed by atoms with van der Waals surface area (Å²) >= 11 is 0. The van der Waals surface area contributed by atoms with Crippen LogP contribution in [0.15, 0.2) is 42.7 Å². The van der Waals surface area contributed by atoms with Crippen LogP contribution < -0.4 is 5.73 Å². The van der Waals surface area contributed by atoms with Gasteiger partial charge < -0.3 is 20.1 Å². The molecule has 1 aliphatic rings. The Labute approximate surface area is 177 Å². The molecule has 3 aromatic rings. The smallest absolute Gasteiger partial charge is 0.475 e. The lowest BCUT2D eigenvalue weighted by molar-refractivity contribution is -0.192. The molecule has 172 valence electrons. The molecule has 4 rings (SSSR count). The van der Waals surface area contributed by atoms with Crippen LogP contribution in [0.25, 0.3) is 16.9 Å². The second kappa shape index (κ2) is 8.57. The molecule has 4 N–H and O–H groups in total. The molecule has 1 unspecified atom stereocenters. The van der Waals surface area contributed by atoms with Gasteiger partial charge in [-0.2, -0.15) is 18.3 Å². The van der Waals surface area contributed by atoms with E-state index in [1.165, 1.54) is 4.90 Å². The summed E-state index contributed by atoms with van der Waals surface area (Å²) in [7, 11) is 0. The van der Waals surface area contributed by atoms with E-state index in [4.69, 9.17) is 15.6 Å². The molecule has 1 saturated heterocycles. The van der Waals surface area contributed by atoms with Crippen LogP contribution in [0, 0.1) is 0 Å². The molecular weight excluding hydrogens is 441 g/mol. The van der Waals surface area contributed by atoms with Gasteiger partial charge >= 0.3 is 12.1 Å². The first-order valence-corrected chi connectivity index (χ1v) is 9.24. The van der Waals surface area contributed by atoms with Crippen LogP contribution in [0.5, 0.6) is 0 Å². The molecule has 1 fully saturated rings. The SMILES string of the molecule is NC1CN(C(=O)c2cc(-c3ccn[nH]3)n3ccccc23)CCC1(F)F.O=C(O)C(F)(F)F. The first kappa shape index (κ1) is 23.2. The van der Waals surface area contributed by atoms with Gasteiger partial charge in [0.1, 0.15) is 0 Å². The quantitative estimate of drug-likeness (QED) is 0.510. The number of aliphatic carboxylic acids is 1. The fourth-order valence-corrected chi connectivity index (χ4v) is 3.22. The van der Waals surface area contributed by atoms with Gasteiger partial charge in [0, 0.05) is 31.9 Å². The lowest BCUT2D eigenvalue weighted by atomic mass is 10.0. The van der Waals surface area contributed by atoms with Crippen molar-refractivity contribution >= 4 is 17.4 Å². The number of pyridine rings is 1. The summed E-state index contributed by atoms with van der Waals surface area (Å²) in [5.74, 6) is -5.98. The molecule has 0 aromatic carbocycles. The van der Waals surface area contributed by atoms with E-state index < -0.39 is 30.5 Å². The van der Waals surface area contributed by atoms with Gasteiger partial charge in [-0.05, 0) is 24.3 Å². The number of alkyl halides is 5. The van der Waals surface area contributed by atoms with E-state index in [1.54, 1.807) is 18.3 Å². The lowest BCUT2D eigenvalue weighted by Gasteiger charge is -2.36. The standard InChI is InChI=1S/C17H17F2N5O.C2HF3O2/c18-17(19)5-8-23(10-15(17)20)16(25)11-9-14(12-4-6-21-22-12)24-7-2-1-3-13(11)24;3-2(4,5)1(6)7/h1-4,6-7,9,15H,5,8,10,20H2,(H,21,22);(H,6,7). The van der Waals surface area contributed by atoms with Crippen molar-refractivity contribution in [2.45, 2.75) is 24.6 Å². The Kier molecular flexibility index (Phi) is 6.21. The highest BCUT2D eigenvalue weighted by Gasteiger charge is 2.43. The van der Waals surface area contributed by atoms with Crippen LogP contribution in [0.4, 0.5) is 22.0 Å². The van der Waals surface area contributed by atoms with Crippen LogP contribution in [-0.4, -0.2) is 67.7 Å². The largest absolute Gasteiger partial charge is 0.490 e. The number of carbonyl (C=O) groups is 2. The third-order valence-corrected chi connectivity index (χ3v) is 4.89. The van der Waals surface area contributed by atoms with E-state index in [1.807, 2.05) is 28.8 Å². The Bertz CT molecular complexity index is 1110. The lowest BCUT2D eigenvalue weighted by Crippen LogP contribution is -2.56. The van der Waals surface area contributed by atoms with Crippen molar-refractivity contribution in [1.82, 2.24) is 19.5 Å². The number of rotatable bonds is 2. The zero-order valence-corrected chi connectivity index (χ0v) is 16.3. The molecule has 3 aromatic heterocycles. The summed E-state index contributed by atoms with van der Waals surface area (Å²) in [6.07, 6.45) is -2.03. The van der Waals surface area contributed by atoms with Crippen LogP contribution in [0.2, 0.25) is 0 Å². The number of carboxylic acid groups (broad SMARTS) is 1. The number of nitrogens with one attached hydrogen (secondary N) is 1. The number of likely N-dealkylation sites (tertiary alicyclic amines) is 1. The minimum absolute atomic E-state index is 0.0108. The van der Waals surface area contributed by atoms with Crippen LogP contribution in [0.3, 0.4) is 0 Å². The number of nitrogens with two attached hydrogens (primary N) is 1.